The van der Waals surface area contributed by atoms with Crippen molar-refractivity contribution in [2.45, 2.75) is 31.3 Å². The highest BCUT2D eigenvalue weighted by molar-refractivity contribution is 6.24. The zero-order valence-electron chi connectivity index (χ0n) is 15.4. The minimum Gasteiger partial charge on any atom is -0.406 e. The number of pyridine rings is 1. The van der Waals surface area contributed by atoms with Crippen LogP contribution in [0.15, 0.2) is 42.6 Å². The number of benzene rings is 1. The zero-order chi connectivity index (χ0) is 21.7. The summed E-state index contributed by atoms with van der Waals surface area (Å²) in [6.45, 7) is 0.110. The van der Waals surface area contributed by atoms with Gasteiger partial charge in [0.25, 0.3) is 5.91 Å². The molecule has 1 saturated carbocycles. The number of nitrogens with one attached hydrogen (secondary N) is 1. The Morgan fingerprint density at radius 3 is 2.43 bits per heavy atom. The van der Waals surface area contributed by atoms with E-state index in [-0.39, 0.29) is 23.8 Å². The van der Waals surface area contributed by atoms with Crippen LogP contribution in [0, 0.1) is 5.41 Å². The molecule has 156 valence electrons. The van der Waals surface area contributed by atoms with Crippen molar-refractivity contribution in [3.05, 3.63) is 53.9 Å². The van der Waals surface area contributed by atoms with Gasteiger partial charge in [-0.2, -0.15) is 0 Å². The standard InChI is InChI=1S/C19H16F3N5O3/c20-19(21,22)30-13-3-1-12(2-4-13)27-16(28)18(6-7-18)26(17(27)29)10-11-5-8-25-14(9-11)15(23)24/h1-5,8-9H,6-7,10H2,(H3,23,24). The number of nitrogens with zero attached hydrogens (tertiary/aromatic N) is 3. The third-order valence-electron chi connectivity index (χ3n) is 5.03. The third kappa shape index (κ3) is 3.42. The molecule has 3 amide bonds. The summed E-state index contributed by atoms with van der Waals surface area (Å²) in [6, 6.07) is 7.23. The number of halogens is 3. The molecule has 1 aliphatic carbocycles. The Morgan fingerprint density at radius 1 is 1.20 bits per heavy atom. The van der Waals surface area contributed by atoms with Crippen LogP contribution in [0.2, 0.25) is 0 Å². The number of rotatable bonds is 5. The Morgan fingerprint density at radius 2 is 1.87 bits per heavy atom. The highest BCUT2D eigenvalue weighted by Gasteiger charge is 2.65. The smallest absolute Gasteiger partial charge is 0.406 e. The van der Waals surface area contributed by atoms with E-state index in [1.807, 2.05) is 0 Å². The van der Waals surface area contributed by atoms with Gasteiger partial charge in [-0.1, -0.05) is 0 Å². The molecule has 8 nitrogen and oxygen atoms in total. The molecule has 1 aliphatic heterocycles. The van der Waals surface area contributed by atoms with Crippen molar-refractivity contribution in [3.8, 4) is 5.75 Å². The van der Waals surface area contributed by atoms with Crippen molar-refractivity contribution < 1.29 is 27.5 Å². The number of amidine groups is 1. The summed E-state index contributed by atoms with van der Waals surface area (Å²) in [5.41, 5.74) is 5.56. The van der Waals surface area contributed by atoms with Crippen LogP contribution >= 0.6 is 0 Å². The van der Waals surface area contributed by atoms with E-state index in [2.05, 4.69) is 9.72 Å². The summed E-state index contributed by atoms with van der Waals surface area (Å²) in [5, 5.41) is 7.49. The van der Waals surface area contributed by atoms with Crippen molar-refractivity contribution in [2.24, 2.45) is 5.73 Å². The summed E-state index contributed by atoms with van der Waals surface area (Å²) in [6.07, 6.45) is -2.38. The first-order chi connectivity index (χ1) is 14.1. The lowest BCUT2D eigenvalue weighted by Gasteiger charge is -2.21. The first-order valence-electron chi connectivity index (χ1n) is 8.92. The van der Waals surface area contributed by atoms with Crippen molar-refractivity contribution in [1.29, 1.82) is 5.41 Å². The number of anilines is 1. The third-order valence-corrected chi connectivity index (χ3v) is 5.03. The lowest BCUT2D eigenvalue weighted by atomic mass is 10.1. The van der Waals surface area contributed by atoms with Gasteiger partial charge in [-0.05, 0) is 54.8 Å². The minimum absolute atomic E-state index is 0.110. The first kappa shape index (κ1) is 19.7. The second kappa shape index (κ2) is 6.71. The minimum atomic E-state index is -4.83. The number of aromatic nitrogens is 1. The Hall–Kier alpha value is -3.63. The molecule has 0 radical (unpaired) electrons. The largest absolute Gasteiger partial charge is 0.573 e. The fourth-order valence-corrected chi connectivity index (χ4v) is 3.46. The summed E-state index contributed by atoms with van der Waals surface area (Å²) in [5.74, 6) is -1.08. The average molecular weight is 419 g/mol. The number of urea groups is 1. The molecular weight excluding hydrogens is 403 g/mol. The number of carbonyl (C=O) groups is 2. The topological polar surface area (TPSA) is 113 Å². The van der Waals surface area contributed by atoms with Gasteiger partial charge in [0, 0.05) is 12.7 Å². The quantitative estimate of drug-likeness (QED) is 0.440. The zero-order valence-corrected chi connectivity index (χ0v) is 15.4. The van der Waals surface area contributed by atoms with Gasteiger partial charge < -0.3 is 15.4 Å². The molecule has 2 aromatic rings. The molecule has 11 heteroatoms. The number of nitrogen functional groups attached to an aromatic ring is 1. The SMILES string of the molecule is N=C(N)c1cc(CN2C(=O)N(c3ccc(OC(F)(F)F)cc3)C(=O)C23CC3)ccn1. The molecule has 0 unspecified atom stereocenters. The van der Waals surface area contributed by atoms with E-state index in [1.54, 1.807) is 12.1 Å². The van der Waals surface area contributed by atoms with Crippen LogP contribution < -0.4 is 15.4 Å². The van der Waals surface area contributed by atoms with Gasteiger partial charge in [-0.15, -0.1) is 13.2 Å². The molecule has 0 bridgehead atoms. The predicted octanol–water partition coefficient (Wildman–Crippen LogP) is 2.77. The van der Waals surface area contributed by atoms with Crippen LogP contribution in [0.25, 0.3) is 0 Å². The van der Waals surface area contributed by atoms with Gasteiger partial charge in [-0.25, -0.2) is 9.69 Å². The molecule has 2 heterocycles. The second-order valence-electron chi connectivity index (χ2n) is 7.05. The van der Waals surface area contributed by atoms with Gasteiger partial charge >= 0.3 is 12.4 Å². The molecule has 2 aliphatic rings. The van der Waals surface area contributed by atoms with Gasteiger partial charge in [-0.3, -0.25) is 15.2 Å². The highest BCUT2D eigenvalue weighted by Crippen LogP contribution is 2.49. The molecular formula is C19H16F3N5O3. The maximum Gasteiger partial charge on any atom is 0.573 e. The Kier molecular flexibility index (Phi) is 4.40. The summed E-state index contributed by atoms with van der Waals surface area (Å²) < 4.78 is 40.8. The lowest BCUT2D eigenvalue weighted by molar-refractivity contribution is -0.274. The number of hydrogen-bond donors (Lipinski definition) is 2. The van der Waals surface area contributed by atoms with Crippen molar-refractivity contribution in [2.75, 3.05) is 4.90 Å². The van der Waals surface area contributed by atoms with E-state index < -0.39 is 29.6 Å². The number of alkyl halides is 3. The van der Waals surface area contributed by atoms with Gasteiger partial charge in [0.2, 0.25) is 0 Å². The number of imide groups is 1. The van der Waals surface area contributed by atoms with Crippen LogP contribution in [0.3, 0.4) is 0 Å². The average Bonchev–Trinajstić information content (AvgIpc) is 3.45. The molecule has 1 aromatic heterocycles. The Bertz CT molecular complexity index is 1030. The molecule has 1 saturated heterocycles. The molecule has 1 aromatic carbocycles. The predicted molar refractivity (Wildman–Crippen MR) is 98.8 cm³/mol. The molecule has 0 atom stereocenters. The summed E-state index contributed by atoms with van der Waals surface area (Å²) >= 11 is 0. The Balaban J connectivity index is 1.59. The van der Waals surface area contributed by atoms with E-state index in [0.717, 1.165) is 17.0 Å². The van der Waals surface area contributed by atoms with E-state index in [4.69, 9.17) is 11.1 Å². The maximum atomic E-state index is 13.0. The van der Waals surface area contributed by atoms with E-state index >= 15 is 0 Å². The van der Waals surface area contributed by atoms with Crippen molar-refractivity contribution in [3.63, 3.8) is 0 Å². The van der Waals surface area contributed by atoms with Crippen molar-refractivity contribution in [1.82, 2.24) is 9.88 Å². The van der Waals surface area contributed by atoms with Crippen molar-refractivity contribution >= 4 is 23.5 Å². The molecule has 2 fully saturated rings. The number of ether oxygens (including phenoxy) is 1. The van der Waals surface area contributed by atoms with Crippen LogP contribution in [0.4, 0.5) is 23.7 Å². The Labute approximate surface area is 168 Å². The summed E-state index contributed by atoms with van der Waals surface area (Å²) in [4.78, 5) is 32.4. The van der Waals surface area contributed by atoms with Crippen LogP contribution in [-0.2, 0) is 11.3 Å². The van der Waals surface area contributed by atoms with Gasteiger partial charge in [0.05, 0.1) is 5.69 Å². The van der Waals surface area contributed by atoms with E-state index in [0.29, 0.717) is 18.4 Å². The number of hydrogen-bond acceptors (Lipinski definition) is 5. The van der Waals surface area contributed by atoms with E-state index in [9.17, 15) is 22.8 Å². The van der Waals surface area contributed by atoms with Gasteiger partial charge in [0.1, 0.15) is 22.8 Å². The van der Waals surface area contributed by atoms with Crippen LogP contribution in [0.5, 0.6) is 5.75 Å². The monoisotopic (exact) mass is 419 g/mol. The molecule has 1 spiro atoms. The molecule has 30 heavy (non-hydrogen) atoms. The number of nitrogens with two attached hydrogens (primary N) is 1. The van der Waals surface area contributed by atoms with Gasteiger partial charge in [0.15, 0.2) is 0 Å². The van der Waals surface area contributed by atoms with Crippen LogP contribution in [-0.4, -0.2) is 39.6 Å². The molecule has 4 rings (SSSR count). The van der Waals surface area contributed by atoms with Crippen LogP contribution in [0.1, 0.15) is 24.1 Å². The van der Waals surface area contributed by atoms with E-state index in [1.165, 1.54) is 23.2 Å². The fraction of sp³-hybridized carbons (Fsp3) is 0.263. The number of carbonyl (C=O) groups excluding carboxylic acids is 2. The molecule has 3 N–H and O–H groups in total. The maximum absolute atomic E-state index is 13.0. The highest BCUT2D eigenvalue weighted by atomic mass is 19.4. The number of amides is 3. The first-order valence-corrected chi connectivity index (χ1v) is 8.92. The fourth-order valence-electron chi connectivity index (χ4n) is 3.46. The lowest BCUT2D eigenvalue weighted by Crippen LogP contribution is -2.36. The normalized spacial score (nSPS) is 17.6. The summed E-state index contributed by atoms with van der Waals surface area (Å²) in [7, 11) is 0. The second-order valence-corrected chi connectivity index (χ2v) is 7.05.